The van der Waals surface area contributed by atoms with Crippen molar-refractivity contribution in [3.8, 4) is 0 Å². The molecule has 0 bridgehead atoms. The second-order valence-electron chi connectivity index (χ2n) is 3.28. The lowest BCUT2D eigenvalue weighted by Gasteiger charge is -2.04. The first-order valence-corrected chi connectivity index (χ1v) is 6.29. The largest absolute Gasteiger partial charge is 0.289 e. The lowest BCUT2D eigenvalue weighted by molar-refractivity contribution is -0.128. The minimum atomic E-state index is -3.29. The molecule has 0 heterocycles. The zero-order valence-corrected chi connectivity index (χ0v) is 9.41. The van der Waals surface area contributed by atoms with Gasteiger partial charge in [0.05, 0.1) is 12.7 Å². The molecule has 1 rings (SSSR count). The Kier molecular flexibility index (Phi) is 3.86. The molecule has 0 saturated carbocycles. The molecule has 0 radical (unpaired) electrons. The third-order valence-electron chi connectivity index (χ3n) is 1.75. The van der Waals surface area contributed by atoms with Crippen LogP contribution in [0.25, 0.3) is 0 Å². The molecule has 16 heavy (non-hydrogen) atoms. The molecule has 0 spiro atoms. The van der Waals surface area contributed by atoms with Gasteiger partial charge in [0, 0.05) is 5.69 Å². The van der Waals surface area contributed by atoms with Crippen LogP contribution in [0, 0.1) is 0 Å². The summed E-state index contributed by atoms with van der Waals surface area (Å²) in [5.41, 5.74) is 2.61. The fourth-order valence-corrected chi connectivity index (χ4v) is 1.69. The van der Waals surface area contributed by atoms with E-state index in [-0.39, 0.29) is 6.42 Å². The molecule has 0 unspecified atom stereocenters. The van der Waals surface area contributed by atoms with Crippen LogP contribution in [0.15, 0.2) is 24.3 Å². The number of anilines is 1. The van der Waals surface area contributed by atoms with Crippen LogP contribution in [0.2, 0.25) is 0 Å². The van der Waals surface area contributed by atoms with Crippen molar-refractivity contribution in [2.24, 2.45) is 0 Å². The zero-order valence-electron chi connectivity index (χ0n) is 8.60. The van der Waals surface area contributed by atoms with Crippen molar-refractivity contribution in [1.29, 1.82) is 0 Å². The Morgan fingerprint density at radius 2 is 1.88 bits per heavy atom. The van der Waals surface area contributed by atoms with E-state index in [0.717, 1.165) is 6.26 Å². The highest BCUT2D eigenvalue weighted by Crippen LogP contribution is 2.11. The first-order chi connectivity index (χ1) is 7.40. The average molecular weight is 244 g/mol. The van der Waals surface area contributed by atoms with Gasteiger partial charge in [-0.2, -0.15) is 0 Å². The summed E-state index contributed by atoms with van der Waals surface area (Å²) >= 11 is 0. The van der Waals surface area contributed by atoms with Gasteiger partial charge in [-0.3, -0.25) is 14.7 Å². The van der Waals surface area contributed by atoms with E-state index in [4.69, 9.17) is 5.21 Å². The molecule has 0 saturated heterocycles. The molecule has 0 aliphatic rings. The van der Waals surface area contributed by atoms with Gasteiger partial charge in [0.2, 0.25) is 15.9 Å². The molecule has 0 atom stereocenters. The highest BCUT2D eigenvalue weighted by Gasteiger charge is 2.03. The van der Waals surface area contributed by atoms with Crippen LogP contribution in [0.5, 0.6) is 0 Å². The molecule has 1 aromatic rings. The van der Waals surface area contributed by atoms with Crippen molar-refractivity contribution in [3.63, 3.8) is 0 Å². The Balaban J connectivity index is 2.72. The first-order valence-electron chi connectivity index (χ1n) is 4.40. The third-order valence-corrected chi connectivity index (χ3v) is 2.35. The predicted molar refractivity (Wildman–Crippen MR) is 58.5 cm³/mol. The van der Waals surface area contributed by atoms with Gasteiger partial charge in [0.15, 0.2) is 0 Å². The molecule has 1 aromatic carbocycles. The second-order valence-corrected chi connectivity index (χ2v) is 5.03. The van der Waals surface area contributed by atoms with Crippen LogP contribution in [-0.2, 0) is 21.2 Å². The summed E-state index contributed by atoms with van der Waals surface area (Å²) in [6.45, 7) is 0. The summed E-state index contributed by atoms with van der Waals surface area (Å²) < 4.78 is 24.1. The summed E-state index contributed by atoms with van der Waals surface area (Å²) in [6.07, 6.45) is 1.09. The van der Waals surface area contributed by atoms with Gasteiger partial charge >= 0.3 is 0 Å². The Morgan fingerprint density at radius 3 is 2.31 bits per heavy atom. The van der Waals surface area contributed by atoms with Crippen molar-refractivity contribution in [3.05, 3.63) is 29.8 Å². The van der Waals surface area contributed by atoms with Crippen molar-refractivity contribution in [2.75, 3.05) is 11.0 Å². The highest BCUT2D eigenvalue weighted by molar-refractivity contribution is 7.92. The average Bonchev–Trinajstić information content (AvgIpc) is 2.18. The summed E-state index contributed by atoms with van der Waals surface area (Å²) in [5, 5.41) is 8.31. The van der Waals surface area contributed by atoms with Crippen molar-refractivity contribution in [1.82, 2.24) is 5.48 Å². The summed E-state index contributed by atoms with van der Waals surface area (Å²) in [6, 6.07) is 6.29. The normalized spacial score (nSPS) is 10.9. The molecule has 0 aliphatic carbocycles. The summed E-state index contributed by atoms with van der Waals surface area (Å²) in [7, 11) is -3.29. The van der Waals surface area contributed by atoms with Crippen LogP contribution >= 0.6 is 0 Å². The topological polar surface area (TPSA) is 95.5 Å². The fraction of sp³-hybridized carbons (Fsp3) is 0.222. The molecule has 0 aromatic heterocycles. The predicted octanol–water partition coefficient (Wildman–Crippen LogP) is 0.106. The van der Waals surface area contributed by atoms with Gasteiger partial charge in [-0.1, -0.05) is 12.1 Å². The standard InChI is InChI=1S/C9H12N2O4S/c1-16(14,15)11-8-4-2-7(3-5-8)6-9(12)10-13/h2-5,11,13H,6H2,1H3,(H,10,12). The van der Waals surface area contributed by atoms with Gasteiger partial charge in [0.25, 0.3) is 0 Å². The minimum Gasteiger partial charge on any atom is -0.289 e. The molecular formula is C9H12N2O4S. The molecule has 0 fully saturated rings. The molecular weight excluding hydrogens is 232 g/mol. The smallest absolute Gasteiger partial charge is 0.247 e. The maximum atomic E-state index is 10.9. The third kappa shape index (κ3) is 4.28. The van der Waals surface area contributed by atoms with Gasteiger partial charge < -0.3 is 0 Å². The number of benzene rings is 1. The van der Waals surface area contributed by atoms with Crippen molar-refractivity contribution >= 4 is 21.6 Å². The Labute approximate surface area is 93.3 Å². The van der Waals surface area contributed by atoms with Crippen LogP contribution < -0.4 is 10.2 Å². The van der Waals surface area contributed by atoms with Crippen LogP contribution in [0.1, 0.15) is 5.56 Å². The quantitative estimate of drug-likeness (QED) is 0.517. The van der Waals surface area contributed by atoms with Crippen molar-refractivity contribution in [2.45, 2.75) is 6.42 Å². The summed E-state index contributed by atoms with van der Waals surface area (Å²) in [4.78, 5) is 10.8. The number of carbonyl (C=O) groups is 1. The molecule has 88 valence electrons. The van der Waals surface area contributed by atoms with E-state index < -0.39 is 15.9 Å². The maximum Gasteiger partial charge on any atom is 0.247 e. The van der Waals surface area contributed by atoms with Gasteiger partial charge in [-0.05, 0) is 17.7 Å². The van der Waals surface area contributed by atoms with Gasteiger partial charge in [-0.25, -0.2) is 13.9 Å². The number of nitrogens with one attached hydrogen (secondary N) is 2. The van der Waals surface area contributed by atoms with Crippen molar-refractivity contribution < 1.29 is 18.4 Å². The van der Waals surface area contributed by atoms with E-state index in [9.17, 15) is 13.2 Å². The molecule has 0 aliphatic heterocycles. The lowest BCUT2D eigenvalue weighted by Crippen LogP contribution is -2.20. The number of rotatable bonds is 4. The van der Waals surface area contributed by atoms with Gasteiger partial charge in [0.1, 0.15) is 0 Å². The maximum absolute atomic E-state index is 10.9. The highest BCUT2D eigenvalue weighted by atomic mass is 32.2. The number of hydrogen-bond donors (Lipinski definition) is 3. The van der Waals surface area contributed by atoms with E-state index in [0.29, 0.717) is 11.3 Å². The van der Waals surface area contributed by atoms with Crippen LogP contribution in [0.4, 0.5) is 5.69 Å². The van der Waals surface area contributed by atoms with E-state index in [1.807, 2.05) is 0 Å². The number of amides is 1. The van der Waals surface area contributed by atoms with E-state index in [1.165, 1.54) is 5.48 Å². The van der Waals surface area contributed by atoms with Crippen LogP contribution in [-0.4, -0.2) is 25.8 Å². The number of carbonyl (C=O) groups excluding carboxylic acids is 1. The van der Waals surface area contributed by atoms with E-state index in [1.54, 1.807) is 24.3 Å². The lowest BCUT2D eigenvalue weighted by atomic mass is 10.1. The zero-order chi connectivity index (χ0) is 12.2. The Bertz CT molecular complexity index is 467. The number of hydroxylamine groups is 1. The van der Waals surface area contributed by atoms with E-state index >= 15 is 0 Å². The first kappa shape index (κ1) is 12.5. The minimum absolute atomic E-state index is 0.0374. The Morgan fingerprint density at radius 1 is 1.31 bits per heavy atom. The molecule has 3 N–H and O–H groups in total. The summed E-state index contributed by atoms with van der Waals surface area (Å²) in [5.74, 6) is -0.524. The second kappa shape index (κ2) is 4.95. The molecule has 7 heteroatoms. The fourth-order valence-electron chi connectivity index (χ4n) is 1.13. The van der Waals surface area contributed by atoms with E-state index in [2.05, 4.69) is 4.72 Å². The molecule has 6 nitrogen and oxygen atoms in total. The van der Waals surface area contributed by atoms with Gasteiger partial charge in [-0.15, -0.1) is 0 Å². The molecule has 1 amide bonds. The number of hydrogen-bond acceptors (Lipinski definition) is 4. The SMILES string of the molecule is CS(=O)(=O)Nc1ccc(CC(=O)NO)cc1. The monoisotopic (exact) mass is 244 g/mol. The Hall–Kier alpha value is -1.60. The van der Waals surface area contributed by atoms with Crippen LogP contribution in [0.3, 0.4) is 0 Å². The number of sulfonamides is 1.